The van der Waals surface area contributed by atoms with E-state index in [0.29, 0.717) is 6.61 Å². The lowest BCUT2D eigenvalue weighted by Gasteiger charge is -2.05. The molecule has 1 aromatic carbocycles. The third-order valence-corrected chi connectivity index (χ3v) is 4.24. The molecule has 22 heavy (non-hydrogen) atoms. The molecule has 0 aromatic heterocycles. The fraction of sp³-hybridized carbons (Fsp3) is 0.562. The zero-order chi connectivity index (χ0) is 16.4. The summed E-state index contributed by atoms with van der Waals surface area (Å²) in [5, 5.41) is 0. The minimum absolute atomic E-state index is 0.240. The molecule has 1 rings (SSSR count). The first-order chi connectivity index (χ1) is 10.4. The highest BCUT2D eigenvalue weighted by Gasteiger charge is 2.11. The standard InChI is InChI=1S/C16H24O5S/c1-2-3-4-5-6-7-8-13-21-16(17)14-9-11-15(12-10-14)22(18,19)20/h9-12H,2-8,13H2,1H3,(H,18,19,20). The minimum atomic E-state index is -4.23. The predicted octanol–water partition coefficient (Wildman–Crippen LogP) is 3.84. The van der Waals surface area contributed by atoms with Gasteiger partial charge in [0.25, 0.3) is 10.1 Å². The molecule has 0 atom stereocenters. The lowest BCUT2D eigenvalue weighted by atomic mass is 10.1. The summed E-state index contributed by atoms with van der Waals surface area (Å²) in [4.78, 5) is 11.5. The number of benzene rings is 1. The van der Waals surface area contributed by atoms with Crippen LogP contribution in [0.15, 0.2) is 29.2 Å². The maximum Gasteiger partial charge on any atom is 0.338 e. The Bertz CT molecular complexity index is 548. The van der Waals surface area contributed by atoms with Gasteiger partial charge in [-0.2, -0.15) is 8.42 Å². The number of carbonyl (C=O) groups excluding carboxylic acids is 1. The van der Waals surface area contributed by atoms with Gasteiger partial charge in [-0.3, -0.25) is 4.55 Å². The SMILES string of the molecule is CCCCCCCCCOC(=O)c1ccc(S(=O)(=O)O)cc1. The molecule has 0 aliphatic rings. The van der Waals surface area contributed by atoms with Crippen LogP contribution in [0.3, 0.4) is 0 Å². The Hall–Kier alpha value is -1.40. The van der Waals surface area contributed by atoms with Crippen molar-refractivity contribution < 1.29 is 22.5 Å². The van der Waals surface area contributed by atoms with Crippen molar-refractivity contribution in [1.29, 1.82) is 0 Å². The van der Waals surface area contributed by atoms with Crippen LogP contribution in [0.4, 0.5) is 0 Å². The van der Waals surface area contributed by atoms with Crippen LogP contribution >= 0.6 is 0 Å². The van der Waals surface area contributed by atoms with Crippen LogP contribution in [0.1, 0.15) is 62.2 Å². The Kier molecular flexibility index (Phi) is 8.12. The van der Waals surface area contributed by atoms with Gasteiger partial charge in [0.1, 0.15) is 0 Å². The van der Waals surface area contributed by atoms with Gasteiger partial charge in [0.15, 0.2) is 0 Å². The molecule has 0 aliphatic heterocycles. The van der Waals surface area contributed by atoms with Crippen LogP contribution < -0.4 is 0 Å². The second-order valence-electron chi connectivity index (χ2n) is 5.26. The molecule has 0 amide bonds. The van der Waals surface area contributed by atoms with Crippen LogP contribution in [-0.2, 0) is 14.9 Å². The average molecular weight is 328 g/mol. The molecule has 0 saturated carbocycles. The van der Waals surface area contributed by atoms with Crippen molar-refractivity contribution in [3.63, 3.8) is 0 Å². The third kappa shape index (κ3) is 7.04. The molecule has 1 aromatic rings. The van der Waals surface area contributed by atoms with Crippen LogP contribution in [0.5, 0.6) is 0 Å². The molecule has 0 heterocycles. The largest absolute Gasteiger partial charge is 0.462 e. The molecular weight excluding hydrogens is 304 g/mol. The lowest BCUT2D eigenvalue weighted by Crippen LogP contribution is -2.07. The first-order valence-corrected chi connectivity index (χ1v) is 9.14. The van der Waals surface area contributed by atoms with E-state index in [4.69, 9.17) is 9.29 Å². The number of rotatable bonds is 10. The minimum Gasteiger partial charge on any atom is -0.462 e. The monoisotopic (exact) mass is 328 g/mol. The van der Waals surface area contributed by atoms with Gasteiger partial charge < -0.3 is 4.74 Å². The Balaban J connectivity index is 2.25. The maximum absolute atomic E-state index is 11.7. The number of ether oxygens (including phenoxy) is 1. The molecule has 5 nitrogen and oxygen atoms in total. The first kappa shape index (κ1) is 18.6. The van der Waals surface area contributed by atoms with E-state index in [1.165, 1.54) is 49.9 Å². The summed E-state index contributed by atoms with van der Waals surface area (Å²) >= 11 is 0. The van der Waals surface area contributed by atoms with Crippen LogP contribution in [0, 0.1) is 0 Å². The van der Waals surface area contributed by atoms with Crippen LogP contribution in [0.25, 0.3) is 0 Å². The smallest absolute Gasteiger partial charge is 0.338 e. The fourth-order valence-corrected chi connectivity index (χ4v) is 2.55. The van der Waals surface area contributed by atoms with E-state index in [0.717, 1.165) is 19.3 Å². The number of carbonyl (C=O) groups is 1. The lowest BCUT2D eigenvalue weighted by molar-refractivity contribution is 0.0497. The molecule has 0 aliphatic carbocycles. The highest BCUT2D eigenvalue weighted by atomic mass is 32.2. The summed E-state index contributed by atoms with van der Waals surface area (Å²) < 4.78 is 35.8. The van der Waals surface area contributed by atoms with Crippen molar-refractivity contribution in [2.75, 3.05) is 6.61 Å². The van der Waals surface area contributed by atoms with E-state index in [2.05, 4.69) is 6.92 Å². The van der Waals surface area contributed by atoms with Gasteiger partial charge in [-0.15, -0.1) is 0 Å². The Morgan fingerprint density at radius 2 is 1.55 bits per heavy atom. The molecule has 0 bridgehead atoms. The second-order valence-corrected chi connectivity index (χ2v) is 6.68. The second kappa shape index (κ2) is 9.58. The number of hydrogen-bond donors (Lipinski definition) is 1. The summed E-state index contributed by atoms with van der Waals surface area (Å²) in [6.45, 7) is 2.55. The Morgan fingerprint density at radius 3 is 2.09 bits per heavy atom. The van der Waals surface area contributed by atoms with Gasteiger partial charge in [0, 0.05) is 0 Å². The fourth-order valence-electron chi connectivity index (χ4n) is 2.07. The molecule has 124 valence electrons. The molecular formula is C16H24O5S. The normalized spacial score (nSPS) is 11.4. The molecule has 0 saturated heterocycles. The van der Waals surface area contributed by atoms with Gasteiger partial charge in [0.2, 0.25) is 0 Å². The number of hydrogen-bond acceptors (Lipinski definition) is 4. The molecule has 1 N–H and O–H groups in total. The van der Waals surface area contributed by atoms with Crippen molar-refractivity contribution >= 4 is 16.1 Å². The van der Waals surface area contributed by atoms with Crippen molar-refractivity contribution in [2.24, 2.45) is 0 Å². The van der Waals surface area contributed by atoms with E-state index < -0.39 is 16.1 Å². The quantitative estimate of drug-likeness (QED) is 0.401. The van der Waals surface area contributed by atoms with Gasteiger partial charge in [0.05, 0.1) is 17.1 Å². The van der Waals surface area contributed by atoms with E-state index in [1.54, 1.807) is 0 Å². The molecule has 0 spiro atoms. The maximum atomic E-state index is 11.7. The summed E-state index contributed by atoms with van der Waals surface area (Å²) in [6, 6.07) is 5.02. The van der Waals surface area contributed by atoms with Crippen molar-refractivity contribution in [1.82, 2.24) is 0 Å². The highest BCUT2D eigenvalue weighted by molar-refractivity contribution is 7.85. The number of esters is 1. The molecule has 0 fully saturated rings. The van der Waals surface area contributed by atoms with Gasteiger partial charge in [-0.1, -0.05) is 45.4 Å². The van der Waals surface area contributed by atoms with Crippen molar-refractivity contribution in [3.8, 4) is 0 Å². The summed E-state index contributed by atoms with van der Waals surface area (Å²) in [7, 11) is -4.23. The highest BCUT2D eigenvalue weighted by Crippen LogP contribution is 2.12. The Labute approximate surface area is 132 Å². The van der Waals surface area contributed by atoms with Crippen LogP contribution in [0.2, 0.25) is 0 Å². The summed E-state index contributed by atoms with van der Waals surface area (Å²) in [5.74, 6) is -0.479. The summed E-state index contributed by atoms with van der Waals surface area (Å²) in [5.41, 5.74) is 0.273. The molecule has 0 unspecified atom stereocenters. The zero-order valence-electron chi connectivity index (χ0n) is 13.0. The van der Waals surface area contributed by atoms with Gasteiger partial charge in [-0.25, -0.2) is 4.79 Å². The van der Waals surface area contributed by atoms with E-state index in [9.17, 15) is 13.2 Å². The van der Waals surface area contributed by atoms with E-state index in [1.807, 2.05) is 0 Å². The third-order valence-electron chi connectivity index (χ3n) is 3.37. The van der Waals surface area contributed by atoms with E-state index >= 15 is 0 Å². The van der Waals surface area contributed by atoms with Gasteiger partial charge >= 0.3 is 5.97 Å². The Morgan fingerprint density at radius 1 is 1.00 bits per heavy atom. The average Bonchev–Trinajstić information content (AvgIpc) is 2.49. The topological polar surface area (TPSA) is 80.7 Å². The molecule has 0 radical (unpaired) electrons. The molecule has 6 heteroatoms. The van der Waals surface area contributed by atoms with E-state index in [-0.39, 0.29) is 10.5 Å². The van der Waals surface area contributed by atoms with Crippen molar-refractivity contribution in [3.05, 3.63) is 29.8 Å². The summed E-state index contributed by atoms with van der Waals surface area (Å²) in [6.07, 6.45) is 8.01. The van der Waals surface area contributed by atoms with Crippen LogP contribution in [-0.4, -0.2) is 25.5 Å². The number of unbranched alkanes of at least 4 members (excludes halogenated alkanes) is 6. The first-order valence-electron chi connectivity index (χ1n) is 7.70. The zero-order valence-corrected chi connectivity index (χ0v) is 13.8. The van der Waals surface area contributed by atoms with Crippen molar-refractivity contribution in [2.45, 2.75) is 56.8 Å². The predicted molar refractivity (Wildman–Crippen MR) is 84.5 cm³/mol. The van der Waals surface area contributed by atoms with Gasteiger partial charge in [-0.05, 0) is 30.7 Å².